The van der Waals surface area contributed by atoms with Gasteiger partial charge >= 0.3 is 0 Å². The third-order valence-corrected chi connectivity index (χ3v) is 2.28. The molecule has 0 spiro atoms. The summed E-state index contributed by atoms with van der Waals surface area (Å²) in [6.45, 7) is 0. The fourth-order valence-corrected chi connectivity index (χ4v) is 1.37. The second-order valence-electron chi connectivity index (χ2n) is 2.55. The molecule has 0 aliphatic rings. The van der Waals surface area contributed by atoms with E-state index in [4.69, 9.17) is 0 Å². The van der Waals surface area contributed by atoms with Crippen LogP contribution in [0.2, 0.25) is 0 Å². The second kappa shape index (κ2) is 3.67. The molecule has 3 nitrogen and oxygen atoms in total. The van der Waals surface area contributed by atoms with E-state index in [0.29, 0.717) is 6.42 Å². The standard InChI is InChI=1S/C8H10NO2S/c1-12(10,11)7-4-8-2-5-9-6-3-8/h2-3,5-6H,1,4,7H2. The van der Waals surface area contributed by atoms with Crippen LogP contribution in [-0.4, -0.2) is 19.2 Å². The van der Waals surface area contributed by atoms with Gasteiger partial charge in [-0.1, -0.05) is 0 Å². The van der Waals surface area contributed by atoms with Gasteiger partial charge in [-0.2, -0.15) is 0 Å². The number of rotatable bonds is 3. The van der Waals surface area contributed by atoms with Gasteiger partial charge in [0, 0.05) is 12.4 Å². The third kappa shape index (κ3) is 3.48. The molecule has 0 aliphatic heterocycles. The summed E-state index contributed by atoms with van der Waals surface area (Å²) < 4.78 is 21.4. The highest BCUT2D eigenvalue weighted by Crippen LogP contribution is 1.99. The maximum absolute atomic E-state index is 10.7. The SMILES string of the molecule is [CH2]S(=O)(=O)CCc1ccncc1. The predicted molar refractivity (Wildman–Crippen MR) is 47.1 cm³/mol. The van der Waals surface area contributed by atoms with Crippen molar-refractivity contribution in [3.63, 3.8) is 0 Å². The second-order valence-corrected chi connectivity index (χ2v) is 4.45. The zero-order chi connectivity index (χ0) is 9.03. The lowest BCUT2D eigenvalue weighted by molar-refractivity contribution is 0.603. The highest BCUT2D eigenvalue weighted by atomic mass is 32.2. The summed E-state index contributed by atoms with van der Waals surface area (Å²) in [6, 6.07) is 3.59. The molecule has 65 valence electrons. The molecule has 0 saturated carbocycles. The molecular weight excluding hydrogens is 174 g/mol. The van der Waals surface area contributed by atoms with Crippen LogP contribution < -0.4 is 0 Å². The van der Waals surface area contributed by atoms with Crippen LogP contribution in [0.5, 0.6) is 0 Å². The van der Waals surface area contributed by atoms with Crippen LogP contribution in [0.1, 0.15) is 5.56 Å². The van der Waals surface area contributed by atoms with Gasteiger partial charge in [0.05, 0.1) is 12.0 Å². The Morgan fingerprint density at radius 3 is 2.42 bits per heavy atom. The fraction of sp³-hybridized carbons (Fsp3) is 0.250. The molecule has 1 heterocycles. The van der Waals surface area contributed by atoms with E-state index < -0.39 is 9.84 Å². The monoisotopic (exact) mass is 184 g/mol. The largest absolute Gasteiger partial charge is 0.265 e. The molecule has 0 aliphatic carbocycles. The first-order valence-electron chi connectivity index (χ1n) is 3.52. The van der Waals surface area contributed by atoms with Crippen molar-refractivity contribution in [1.29, 1.82) is 0 Å². The van der Waals surface area contributed by atoms with Gasteiger partial charge in [-0.15, -0.1) is 0 Å². The van der Waals surface area contributed by atoms with E-state index in [0.717, 1.165) is 5.56 Å². The van der Waals surface area contributed by atoms with Crippen LogP contribution in [0.25, 0.3) is 0 Å². The topological polar surface area (TPSA) is 47.0 Å². The Morgan fingerprint density at radius 1 is 1.33 bits per heavy atom. The van der Waals surface area contributed by atoms with Crippen molar-refractivity contribution < 1.29 is 8.42 Å². The van der Waals surface area contributed by atoms with E-state index in [9.17, 15) is 8.42 Å². The maximum Gasteiger partial charge on any atom is 0.151 e. The Bertz CT molecular complexity index is 331. The summed E-state index contributed by atoms with van der Waals surface area (Å²) in [6.07, 6.45) is 6.84. The van der Waals surface area contributed by atoms with Crippen LogP contribution in [-0.2, 0) is 16.3 Å². The van der Waals surface area contributed by atoms with Gasteiger partial charge in [-0.25, -0.2) is 8.42 Å². The van der Waals surface area contributed by atoms with Crippen LogP contribution in [0, 0.1) is 6.26 Å². The minimum Gasteiger partial charge on any atom is -0.265 e. The van der Waals surface area contributed by atoms with Crippen molar-refractivity contribution in [2.75, 3.05) is 5.75 Å². The summed E-state index contributed by atoms with van der Waals surface area (Å²) in [5, 5.41) is 0. The van der Waals surface area contributed by atoms with E-state index >= 15 is 0 Å². The highest BCUT2D eigenvalue weighted by Gasteiger charge is 2.01. The Balaban J connectivity index is 2.56. The molecule has 0 bridgehead atoms. The zero-order valence-electron chi connectivity index (χ0n) is 6.60. The first kappa shape index (κ1) is 9.19. The normalized spacial score (nSPS) is 11.4. The van der Waals surface area contributed by atoms with Crippen molar-refractivity contribution in [1.82, 2.24) is 4.98 Å². The summed E-state index contributed by atoms with van der Waals surface area (Å²) >= 11 is 0. The van der Waals surface area contributed by atoms with Gasteiger partial charge in [0.2, 0.25) is 0 Å². The predicted octanol–water partition coefficient (Wildman–Crippen LogP) is 0.830. The summed E-state index contributed by atoms with van der Waals surface area (Å²) in [5.41, 5.74) is 0.970. The molecule has 1 radical (unpaired) electrons. The smallest absolute Gasteiger partial charge is 0.151 e. The molecular formula is C8H10NO2S. The lowest BCUT2D eigenvalue weighted by Crippen LogP contribution is -2.03. The Morgan fingerprint density at radius 2 is 1.92 bits per heavy atom. The van der Waals surface area contributed by atoms with Gasteiger partial charge < -0.3 is 0 Å². The van der Waals surface area contributed by atoms with Crippen molar-refractivity contribution in [2.45, 2.75) is 6.42 Å². The zero-order valence-corrected chi connectivity index (χ0v) is 7.42. The number of aryl methyl sites for hydroxylation is 1. The number of nitrogens with zero attached hydrogens (tertiary/aromatic N) is 1. The number of hydrogen-bond donors (Lipinski definition) is 0. The van der Waals surface area contributed by atoms with Crippen molar-refractivity contribution >= 4 is 9.84 Å². The van der Waals surface area contributed by atoms with E-state index in [1.165, 1.54) is 0 Å². The first-order valence-corrected chi connectivity index (χ1v) is 5.35. The van der Waals surface area contributed by atoms with Gasteiger partial charge in [0.1, 0.15) is 0 Å². The Kier molecular flexibility index (Phi) is 2.81. The van der Waals surface area contributed by atoms with Crippen LogP contribution >= 0.6 is 0 Å². The van der Waals surface area contributed by atoms with Gasteiger partial charge in [-0.05, 0) is 24.1 Å². The van der Waals surface area contributed by atoms with Crippen LogP contribution in [0.3, 0.4) is 0 Å². The molecule has 0 unspecified atom stereocenters. The average Bonchev–Trinajstić information content (AvgIpc) is 2.02. The average molecular weight is 184 g/mol. The van der Waals surface area contributed by atoms with E-state index in [-0.39, 0.29) is 5.75 Å². The van der Waals surface area contributed by atoms with Gasteiger partial charge in [0.15, 0.2) is 9.84 Å². The van der Waals surface area contributed by atoms with E-state index in [1.807, 2.05) is 0 Å². The Labute approximate surface area is 72.4 Å². The molecule has 1 aromatic heterocycles. The molecule has 1 rings (SSSR count). The Hall–Kier alpha value is -0.900. The lowest BCUT2D eigenvalue weighted by Gasteiger charge is -1.97. The molecule has 0 fully saturated rings. The number of hydrogen-bond acceptors (Lipinski definition) is 3. The highest BCUT2D eigenvalue weighted by molar-refractivity contribution is 7.92. The summed E-state index contributed by atoms with van der Waals surface area (Å²) in [5.74, 6) is 0.0943. The molecule has 4 heteroatoms. The molecule has 1 aromatic rings. The quantitative estimate of drug-likeness (QED) is 0.699. The van der Waals surface area contributed by atoms with Gasteiger partial charge in [0.25, 0.3) is 0 Å². The maximum atomic E-state index is 10.7. The van der Waals surface area contributed by atoms with Crippen LogP contribution in [0.15, 0.2) is 24.5 Å². The van der Waals surface area contributed by atoms with Gasteiger partial charge in [-0.3, -0.25) is 4.98 Å². The molecule has 12 heavy (non-hydrogen) atoms. The fourth-order valence-electron chi connectivity index (χ4n) is 0.823. The van der Waals surface area contributed by atoms with Crippen LogP contribution in [0.4, 0.5) is 0 Å². The molecule has 0 aromatic carbocycles. The number of sulfone groups is 1. The summed E-state index contributed by atoms with van der Waals surface area (Å²) in [7, 11) is -3.09. The molecule has 0 atom stereocenters. The summed E-state index contributed by atoms with van der Waals surface area (Å²) in [4.78, 5) is 3.82. The minimum atomic E-state index is -3.09. The van der Waals surface area contributed by atoms with E-state index in [1.54, 1.807) is 24.5 Å². The minimum absolute atomic E-state index is 0.0943. The van der Waals surface area contributed by atoms with Crippen molar-refractivity contribution in [3.05, 3.63) is 36.3 Å². The first-order chi connectivity index (χ1) is 5.58. The third-order valence-electron chi connectivity index (χ3n) is 1.45. The lowest BCUT2D eigenvalue weighted by atomic mass is 10.2. The van der Waals surface area contributed by atoms with Crippen molar-refractivity contribution in [3.8, 4) is 0 Å². The molecule has 0 N–H and O–H groups in total. The number of aromatic nitrogens is 1. The molecule has 0 amide bonds. The number of pyridine rings is 1. The molecule has 0 saturated heterocycles. The van der Waals surface area contributed by atoms with Crippen molar-refractivity contribution in [2.24, 2.45) is 0 Å². The van der Waals surface area contributed by atoms with E-state index in [2.05, 4.69) is 11.2 Å².